The van der Waals surface area contributed by atoms with E-state index in [-0.39, 0.29) is 6.79 Å². The maximum absolute atomic E-state index is 5.32. The van der Waals surface area contributed by atoms with Crippen molar-refractivity contribution in [3.63, 3.8) is 0 Å². The summed E-state index contributed by atoms with van der Waals surface area (Å²) in [4.78, 5) is 0. The van der Waals surface area contributed by atoms with Crippen LogP contribution in [0.4, 0.5) is 0 Å². The fraction of sp³-hybridized carbons (Fsp3) is 0.714. The highest BCUT2D eigenvalue weighted by atomic mass is 28.4. The number of hydrogen-bond donors (Lipinski definition) is 0. The Morgan fingerprint density at radius 1 is 1.33 bits per heavy atom. The van der Waals surface area contributed by atoms with Gasteiger partial charge in [0.25, 0.3) is 0 Å². The Bertz CT molecular complexity index is 116. The van der Waals surface area contributed by atoms with Crippen LogP contribution in [0.2, 0.25) is 6.04 Å². The van der Waals surface area contributed by atoms with Crippen molar-refractivity contribution in [2.45, 2.75) is 13.0 Å². The van der Waals surface area contributed by atoms with E-state index in [0.29, 0.717) is 0 Å². The first kappa shape index (κ1) is 11.6. The molecule has 0 heterocycles. The molecule has 0 atom stereocenters. The Hall–Kier alpha value is -0.363. The van der Waals surface area contributed by atoms with E-state index in [1.54, 1.807) is 14.2 Å². The maximum Gasteiger partial charge on any atom is 0.502 e. The summed E-state index contributed by atoms with van der Waals surface area (Å²) in [5.41, 5.74) is 0. The van der Waals surface area contributed by atoms with E-state index in [0.717, 1.165) is 6.04 Å². The molecule has 5 heteroatoms. The first-order valence-corrected chi connectivity index (χ1v) is 5.64. The van der Waals surface area contributed by atoms with E-state index in [1.165, 1.54) is 6.26 Å². The van der Waals surface area contributed by atoms with E-state index >= 15 is 0 Å². The molecule has 0 aliphatic heterocycles. The summed E-state index contributed by atoms with van der Waals surface area (Å²) in [6.45, 7) is 5.47. The molecule has 0 aliphatic carbocycles. The van der Waals surface area contributed by atoms with Gasteiger partial charge in [0.2, 0.25) is 0 Å². The van der Waals surface area contributed by atoms with Gasteiger partial charge in [-0.2, -0.15) is 0 Å². The Labute approximate surface area is 74.4 Å². The van der Waals surface area contributed by atoms with Gasteiger partial charge in [0.15, 0.2) is 6.79 Å². The van der Waals surface area contributed by atoms with E-state index < -0.39 is 8.80 Å². The lowest BCUT2D eigenvalue weighted by atomic mass is 11.0. The smallest absolute Gasteiger partial charge is 0.477 e. The molecule has 0 aromatic rings. The summed E-state index contributed by atoms with van der Waals surface area (Å²) in [5, 5.41) is 0. The lowest BCUT2D eigenvalue weighted by Crippen LogP contribution is -2.43. The second-order valence-electron chi connectivity index (χ2n) is 2.04. The fourth-order valence-electron chi connectivity index (χ4n) is 0.764. The first-order valence-electron chi connectivity index (χ1n) is 3.71. The molecule has 0 rings (SSSR count). The lowest BCUT2D eigenvalue weighted by molar-refractivity contribution is 0.00724. The maximum atomic E-state index is 5.32. The third kappa shape index (κ3) is 3.36. The molecule has 0 aromatic heterocycles. The van der Waals surface area contributed by atoms with Crippen molar-refractivity contribution in [3.8, 4) is 0 Å². The van der Waals surface area contributed by atoms with Crippen LogP contribution >= 0.6 is 0 Å². The summed E-state index contributed by atoms with van der Waals surface area (Å²) >= 11 is 0. The van der Waals surface area contributed by atoms with Gasteiger partial charge in [-0.1, -0.05) is 13.5 Å². The SMILES string of the molecule is C=COCO[Si](CC)(OC)OC. The third-order valence-electron chi connectivity index (χ3n) is 1.52. The quantitative estimate of drug-likeness (QED) is 0.264. The second-order valence-corrected chi connectivity index (χ2v) is 5.22. The van der Waals surface area contributed by atoms with Crippen LogP contribution in [-0.2, 0) is 18.0 Å². The predicted molar refractivity (Wildman–Crippen MR) is 47.5 cm³/mol. The third-order valence-corrected chi connectivity index (χ3v) is 4.19. The molecule has 4 nitrogen and oxygen atoms in total. The van der Waals surface area contributed by atoms with Gasteiger partial charge in [0, 0.05) is 20.3 Å². The molecular weight excluding hydrogens is 176 g/mol. The minimum Gasteiger partial charge on any atom is -0.477 e. The van der Waals surface area contributed by atoms with Crippen molar-refractivity contribution < 1.29 is 18.0 Å². The zero-order valence-electron chi connectivity index (χ0n) is 7.83. The Balaban J connectivity index is 3.84. The Kier molecular flexibility index (Phi) is 6.00. The van der Waals surface area contributed by atoms with Gasteiger partial charge in [-0.3, -0.25) is 0 Å². The Morgan fingerprint density at radius 3 is 2.25 bits per heavy atom. The van der Waals surface area contributed by atoms with Crippen molar-refractivity contribution in [2.24, 2.45) is 0 Å². The van der Waals surface area contributed by atoms with Crippen molar-refractivity contribution in [1.82, 2.24) is 0 Å². The van der Waals surface area contributed by atoms with Gasteiger partial charge in [-0.25, -0.2) is 0 Å². The summed E-state index contributed by atoms with van der Waals surface area (Å²) < 4.78 is 20.5. The molecular formula is C7H16O4Si. The molecule has 0 aliphatic rings. The molecule has 0 saturated carbocycles. The van der Waals surface area contributed by atoms with E-state index in [2.05, 4.69) is 6.58 Å². The summed E-state index contributed by atoms with van der Waals surface area (Å²) in [6, 6.07) is 0.723. The summed E-state index contributed by atoms with van der Waals surface area (Å²) in [7, 11) is 0.726. The van der Waals surface area contributed by atoms with Gasteiger partial charge in [0.1, 0.15) is 0 Å². The van der Waals surface area contributed by atoms with E-state index in [4.69, 9.17) is 18.0 Å². The summed E-state index contributed by atoms with van der Waals surface area (Å²) in [6.07, 6.45) is 1.32. The normalized spacial score (nSPS) is 11.2. The standard InChI is InChI=1S/C7H16O4Si/c1-5-10-7-11-12(6-2,8-3)9-4/h5H,1,6-7H2,2-4H3. The van der Waals surface area contributed by atoms with Crippen molar-refractivity contribution in [1.29, 1.82) is 0 Å². The zero-order chi connectivity index (χ0) is 9.45. The van der Waals surface area contributed by atoms with Crippen LogP contribution in [0.15, 0.2) is 12.8 Å². The van der Waals surface area contributed by atoms with Crippen LogP contribution in [0.25, 0.3) is 0 Å². The van der Waals surface area contributed by atoms with Crippen molar-refractivity contribution >= 4 is 8.80 Å². The molecule has 0 amide bonds. The highest BCUT2D eigenvalue weighted by molar-refractivity contribution is 6.60. The van der Waals surface area contributed by atoms with Gasteiger partial charge >= 0.3 is 8.80 Å². The molecule has 0 bridgehead atoms. The monoisotopic (exact) mass is 192 g/mol. The summed E-state index contributed by atoms with van der Waals surface area (Å²) in [5.74, 6) is 0. The lowest BCUT2D eigenvalue weighted by Gasteiger charge is -2.24. The first-order chi connectivity index (χ1) is 5.74. The molecule has 0 N–H and O–H groups in total. The Morgan fingerprint density at radius 2 is 1.92 bits per heavy atom. The highest BCUT2D eigenvalue weighted by Gasteiger charge is 2.36. The van der Waals surface area contributed by atoms with Gasteiger partial charge in [0.05, 0.1) is 6.26 Å². The molecule has 0 radical (unpaired) electrons. The van der Waals surface area contributed by atoms with Crippen LogP contribution < -0.4 is 0 Å². The van der Waals surface area contributed by atoms with Crippen LogP contribution in [0.3, 0.4) is 0 Å². The molecule has 0 spiro atoms. The minimum absolute atomic E-state index is 0.130. The molecule has 12 heavy (non-hydrogen) atoms. The largest absolute Gasteiger partial charge is 0.502 e. The predicted octanol–water partition coefficient (Wildman–Crippen LogP) is 1.37. The van der Waals surface area contributed by atoms with Crippen LogP contribution in [0.5, 0.6) is 0 Å². The van der Waals surface area contributed by atoms with Crippen molar-refractivity contribution in [2.75, 3.05) is 21.0 Å². The van der Waals surface area contributed by atoms with Crippen LogP contribution in [0, 0.1) is 0 Å². The zero-order valence-corrected chi connectivity index (χ0v) is 8.83. The van der Waals surface area contributed by atoms with Gasteiger partial charge in [-0.15, -0.1) is 0 Å². The van der Waals surface area contributed by atoms with Crippen LogP contribution in [0.1, 0.15) is 6.92 Å². The number of rotatable bonds is 7. The topological polar surface area (TPSA) is 36.9 Å². The highest BCUT2D eigenvalue weighted by Crippen LogP contribution is 2.12. The van der Waals surface area contributed by atoms with E-state index in [1.807, 2.05) is 6.92 Å². The van der Waals surface area contributed by atoms with E-state index in [9.17, 15) is 0 Å². The molecule has 0 unspecified atom stereocenters. The number of ether oxygens (including phenoxy) is 1. The number of hydrogen-bond acceptors (Lipinski definition) is 4. The van der Waals surface area contributed by atoms with Crippen LogP contribution in [-0.4, -0.2) is 29.8 Å². The average Bonchev–Trinajstić information content (AvgIpc) is 2.14. The van der Waals surface area contributed by atoms with Crippen molar-refractivity contribution in [3.05, 3.63) is 12.8 Å². The molecule has 0 aromatic carbocycles. The van der Waals surface area contributed by atoms with Gasteiger partial charge < -0.3 is 18.0 Å². The fourth-order valence-corrected chi connectivity index (χ4v) is 2.20. The molecule has 0 fully saturated rings. The molecule has 72 valence electrons. The minimum atomic E-state index is -2.43. The van der Waals surface area contributed by atoms with Gasteiger partial charge in [-0.05, 0) is 0 Å². The molecule has 0 saturated heterocycles. The second kappa shape index (κ2) is 6.19. The average molecular weight is 192 g/mol.